The number of benzene rings is 1. The molecule has 0 fully saturated rings. The molecule has 0 radical (unpaired) electrons. The summed E-state index contributed by atoms with van der Waals surface area (Å²) in [7, 11) is 0. The topological polar surface area (TPSA) is 59.3 Å². The minimum atomic E-state index is -0.175. The van der Waals surface area contributed by atoms with Crippen molar-refractivity contribution in [1.82, 2.24) is 19.9 Å². The number of carbonyl (C=O) groups is 1. The highest BCUT2D eigenvalue weighted by Crippen LogP contribution is 2.26. The van der Waals surface area contributed by atoms with Crippen LogP contribution in [0.15, 0.2) is 66.2 Å². The second-order valence-electron chi connectivity index (χ2n) is 5.73. The van der Waals surface area contributed by atoms with Crippen molar-refractivity contribution in [2.45, 2.75) is 13.0 Å². The Morgan fingerprint density at radius 2 is 1.92 bits per heavy atom. The van der Waals surface area contributed by atoms with E-state index in [9.17, 15) is 4.79 Å². The number of pyridine rings is 1. The molecule has 0 bridgehead atoms. The van der Waals surface area contributed by atoms with E-state index in [1.807, 2.05) is 59.2 Å². The fraction of sp³-hybridized carbons (Fsp3) is 0.105. The Bertz CT molecular complexity index is 1010. The predicted octanol–water partition coefficient (Wildman–Crippen LogP) is 3.62. The van der Waals surface area contributed by atoms with Crippen LogP contribution in [0.4, 0.5) is 0 Å². The normalized spacial score (nSPS) is 12.2. The van der Waals surface area contributed by atoms with E-state index in [0.29, 0.717) is 5.56 Å². The Balaban J connectivity index is 1.67. The number of nitrogens with zero attached hydrogens (tertiary/aromatic N) is 3. The zero-order valence-electron chi connectivity index (χ0n) is 13.6. The number of carbonyl (C=O) groups excluding carboxylic acids is 1. The molecule has 4 aromatic rings. The summed E-state index contributed by atoms with van der Waals surface area (Å²) >= 11 is 1.63. The van der Waals surface area contributed by atoms with E-state index < -0.39 is 0 Å². The number of aryl methyl sites for hydroxylation is 1. The summed E-state index contributed by atoms with van der Waals surface area (Å²) in [5.41, 5.74) is 2.36. The number of nitrogens with one attached hydrogen (secondary N) is 1. The first-order valence-corrected chi connectivity index (χ1v) is 8.81. The Labute approximate surface area is 149 Å². The lowest BCUT2D eigenvalue weighted by Crippen LogP contribution is -2.29. The Morgan fingerprint density at radius 1 is 1.08 bits per heavy atom. The monoisotopic (exact) mass is 348 g/mol. The first-order valence-electron chi connectivity index (χ1n) is 7.93. The van der Waals surface area contributed by atoms with E-state index in [1.54, 1.807) is 29.7 Å². The van der Waals surface area contributed by atoms with E-state index >= 15 is 0 Å². The zero-order valence-corrected chi connectivity index (χ0v) is 14.4. The minimum Gasteiger partial charge on any atom is -0.340 e. The van der Waals surface area contributed by atoms with Gasteiger partial charge in [0.1, 0.15) is 5.82 Å². The lowest BCUT2D eigenvalue weighted by atomic mass is 10.0. The maximum atomic E-state index is 12.8. The average Bonchev–Trinajstić information content (AvgIpc) is 3.30. The molecule has 25 heavy (non-hydrogen) atoms. The number of thiophene rings is 1. The molecule has 0 aliphatic heterocycles. The summed E-state index contributed by atoms with van der Waals surface area (Å²) in [4.78, 5) is 13.9. The third-order valence-corrected chi connectivity index (χ3v) is 5.01. The molecule has 0 saturated heterocycles. The Morgan fingerprint density at radius 3 is 2.68 bits per heavy atom. The van der Waals surface area contributed by atoms with Crippen LogP contribution in [0, 0.1) is 6.92 Å². The Hall–Kier alpha value is -2.99. The van der Waals surface area contributed by atoms with E-state index in [1.165, 1.54) is 0 Å². The number of hydrogen-bond donors (Lipinski definition) is 1. The van der Waals surface area contributed by atoms with Gasteiger partial charge in [-0.1, -0.05) is 36.4 Å². The van der Waals surface area contributed by atoms with Crippen LogP contribution < -0.4 is 5.32 Å². The van der Waals surface area contributed by atoms with Gasteiger partial charge in [-0.3, -0.25) is 9.20 Å². The summed E-state index contributed by atoms with van der Waals surface area (Å²) < 4.78 is 1.82. The quantitative estimate of drug-likeness (QED) is 0.613. The highest BCUT2D eigenvalue weighted by atomic mass is 32.1. The minimum absolute atomic E-state index is 0.128. The molecule has 5 nitrogen and oxygen atoms in total. The molecule has 0 saturated carbocycles. The van der Waals surface area contributed by atoms with Gasteiger partial charge in [-0.25, -0.2) is 0 Å². The van der Waals surface area contributed by atoms with E-state index in [4.69, 9.17) is 0 Å². The van der Waals surface area contributed by atoms with Crippen LogP contribution in [-0.2, 0) is 0 Å². The lowest BCUT2D eigenvalue weighted by molar-refractivity contribution is 0.0943. The van der Waals surface area contributed by atoms with Crippen LogP contribution in [0.25, 0.3) is 5.65 Å². The predicted molar refractivity (Wildman–Crippen MR) is 97.8 cm³/mol. The van der Waals surface area contributed by atoms with Crippen molar-refractivity contribution in [3.8, 4) is 0 Å². The van der Waals surface area contributed by atoms with Crippen molar-refractivity contribution < 1.29 is 4.79 Å². The van der Waals surface area contributed by atoms with Crippen molar-refractivity contribution in [3.05, 3.63) is 88.0 Å². The van der Waals surface area contributed by atoms with Gasteiger partial charge in [0.15, 0.2) is 5.65 Å². The standard InChI is InChI=1S/C19H16N4OS/c1-13-21-22-17-10-9-15(12-23(13)17)19(24)20-18(16-8-5-11-25-16)14-6-3-2-4-7-14/h2-12,18H,1H3,(H,20,24)/t18-/m0/s1. The third-order valence-electron chi connectivity index (χ3n) is 4.07. The molecule has 6 heteroatoms. The molecule has 3 heterocycles. The van der Waals surface area contributed by atoms with Gasteiger partial charge in [0, 0.05) is 11.1 Å². The summed E-state index contributed by atoms with van der Waals surface area (Å²) in [5.74, 6) is 0.625. The van der Waals surface area contributed by atoms with Crippen molar-refractivity contribution in [2.75, 3.05) is 0 Å². The molecule has 0 aliphatic rings. The highest BCUT2D eigenvalue weighted by Gasteiger charge is 2.19. The van der Waals surface area contributed by atoms with Crippen LogP contribution in [0.2, 0.25) is 0 Å². The SMILES string of the molecule is Cc1nnc2ccc(C(=O)N[C@@H](c3ccccc3)c3cccs3)cn12. The molecular weight excluding hydrogens is 332 g/mol. The zero-order chi connectivity index (χ0) is 17.2. The van der Waals surface area contributed by atoms with Gasteiger partial charge in [-0.2, -0.15) is 0 Å². The molecule has 1 aromatic carbocycles. The number of hydrogen-bond acceptors (Lipinski definition) is 4. The molecule has 0 spiro atoms. The van der Waals surface area contributed by atoms with Crippen LogP contribution >= 0.6 is 11.3 Å². The first-order chi connectivity index (χ1) is 12.2. The summed E-state index contributed by atoms with van der Waals surface area (Å²) in [6.07, 6.45) is 1.77. The number of fused-ring (bicyclic) bond motifs is 1. The van der Waals surface area contributed by atoms with Gasteiger partial charge in [0.2, 0.25) is 0 Å². The van der Waals surface area contributed by atoms with Crippen molar-refractivity contribution in [3.63, 3.8) is 0 Å². The molecule has 0 aliphatic carbocycles. The fourth-order valence-corrected chi connectivity index (χ4v) is 3.58. The smallest absolute Gasteiger partial charge is 0.253 e. The van der Waals surface area contributed by atoms with E-state index in [-0.39, 0.29) is 11.9 Å². The van der Waals surface area contributed by atoms with Crippen LogP contribution in [0.5, 0.6) is 0 Å². The second kappa shape index (κ2) is 6.49. The average molecular weight is 348 g/mol. The molecule has 1 atom stereocenters. The van der Waals surface area contributed by atoms with Crippen LogP contribution in [-0.4, -0.2) is 20.5 Å². The number of rotatable bonds is 4. The third kappa shape index (κ3) is 3.04. The maximum Gasteiger partial charge on any atom is 0.253 e. The molecule has 3 aromatic heterocycles. The molecule has 1 N–H and O–H groups in total. The molecule has 4 rings (SSSR count). The summed E-state index contributed by atoms with van der Waals surface area (Å²) in [6.45, 7) is 1.86. The van der Waals surface area contributed by atoms with Gasteiger partial charge < -0.3 is 5.32 Å². The summed E-state index contributed by atoms with van der Waals surface area (Å²) in [6, 6.07) is 17.4. The van der Waals surface area contributed by atoms with Crippen molar-refractivity contribution >= 4 is 22.9 Å². The molecule has 0 unspecified atom stereocenters. The molecular formula is C19H16N4OS. The van der Waals surface area contributed by atoms with Crippen LogP contribution in [0.3, 0.4) is 0 Å². The molecule has 1 amide bonds. The summed E-state index contributed by atoms with van der Waals surface area (Å²) in [5, 5.41) is 13.2. The van der Waals surface area contributed by atoms with Gasteiger partial charge in [0.05, 0.1) is 11.6 Å². The fourth-order valence-electron chi connectivity index (χ4n) is 2.77. The lowest BCUT2D eigenvalue weighted by Gasteiger charge is -2.18. The van der Waals surface area contributed by atoms with E-state index in [0.717, 1.165) is 21.9 Å². The largest absolute Gasteiger partial charge is 0.340 e. The van der Waals surface area contributed by atoms with Gasteiger partial charge in [-0.15, -0.1) is 21.5 Å². The second-order valence-corrected chi connectivity index (χ2v) is 6.71. The van der Waals surface area contributed by atoms with E-state index in [2.05, 4.69) is 15.5 Å². The highest BCUT2D eigenvalue weighted by molar-refractivity contribution is 7.10. The van der Waals surface area contributed by atoms with Crippen molar-refractivity contribution in [2.24, 2.45) is 0 Å². The van der Waals surface area contributed by atoms with Crippen LogP contribution in [0.1, 0.15) is 32.7 Å². The number of aromatic nitrogens is 3. The first kappa shape index (κ1) is 15.5. The van der Waals surface area contributed by atoms with Gasteiger partial charge in [-0.05, 0) is 36.1 Å². The Kier molecular flexibility index (Phi) is 4.03. The van der Waals surface area contributed by atoms with Gasteiger partial charge in [0.25, 0.3) is 5.91 Å². The van der Waals surface area contributed by atoms with Crippen molar-refractivity contribution in [1.29, 1.82) is 0 Å². The maximum absolute atomic E-state index is 12.8. The molecule has 124 valence electrons. The van der Waals surface area contributed by atoms with Gasteiger partial charge >= 0.3 is 0 Å². The number of amides is 1.